The van der Waals surface area contributed by atoms with Gasteiger partial charge < -0.3 is 4.90 Å². The van der Waals surface area contributed by atoms with Crippen LogP contribution in [-0.2, 0) is 0 Å². The summed E-state index contributed by atoms with van der Waals surface area (Å²) >= 11 is 0. The van der Waals surface area contributed by atoms with Crippen LogP contribution in [0.2, 0.25) is 0 Å². The number of aryl methyl sites for hydroxylation is 2. The largest absolute Gasteiger partial charge is 0.338 e. The van der Waals surface area contributed by atoms with Crippen LogP contribution in [-0.4, -0.2) is 38.5 Å². The molecule has 0 N–H and O–H groups in total. The highest BCUT2D eigenvalue weighted by molar-refractivity contribution is 6.00. The van der Waals surface area contributed by atoms with E-state index in [1.165, 1.54) is 11.1 Å². The molecule has 3 aromatic rings. The molecule has 0 spiro atoms. The van der Waals surface area contributed by atoms with E-state index in [9.17, 15) is 4.79 Å². The molecule has 3 heterocycles. The lowest BCUT2D eigenvalue weighted by molar-refractivity contribution is 0.0794. The van der Waals surface area contributed by atoms with Gasteiger partial charge in [0.25, 0.3) is 5.91 Å². The molecule has 0 bridgehead atoms. The van der Waals surface area contributed by atoms with Crippen LogP contribution < -0.4 is 0 Å². The Morgan fingerprint density at radius 1 is 1.08 bits per heavy atom. The van der Waals surface area contributed by atoms with E-state index in [1.54, 1.807) is 16.9 Å². The van der Waals surface area contributed by atoms with Crippen molar-refractivity contribution in [1.82, 2.24) is 19.5 Å². The molecular formula is C19H20N4O. The van der Waals surface area contributed by atoms with Crippen molar-refractivity contribution in [2.24, 2.45) is 0 Å². The maximum atomic E-state index is 12.7. The van der Waals surface area contributed by atoms with Crippen LogP contribution in [0.3, 0.4) is 0 Å². The Bertz CT molecular complexity index is 922. The minimum absolute atomic E-state index is 0.0345. The van der Waals surface area contributed by atoms with E-state index >= 15 is 0 Å². The van der Waals surface area contributed by atoms with Crippen LogP contribution in [0, 0.1) is 13.8 Å². The lowest BCUT2D eigenvalue weighted by Gasteiger charge is -2.14. The van der Waals surface area contributed by atoms with E-state index in [0.717, 1.165) is 37.2 Å². The number of carbonyl (C=O) groups excluding carboxylic acids is 1. The smallest absolute Gasteiger partial charge is 0.259 e. The Labute approximate surface area is 140 Å². The second-order valence-corrected chi connectivity index (χ2v) is 6.42. The molecule has 122 valence electrons. The summed E-state index contributed by atoms with van der Waals surface area (Å²) in [5.74, 6) is 0.0345. The molecule has 2 aromatic heterocycles. The van der Waals surface area contributed by atoms with Gasteiger partial charge in [-0.15, -0.1) is 0 Å². The van der Waals surface area contributed by atoms with Gasteiger partial charge in [0.1, 0.15) is 5.56 Å². The number of benzene rings is 1. The Kier molecular flexibility index (Phi) is 3.56. The van der Waals surface area contributed by atoms with Crippen molar-refractivity contribution >= 4 is 11.6 Å². The molecule has 1 aromatic carbocycles. The summed E-state index contributed by atoms with van der Waals surface area (Å²) in [6.45, 7) is 5.85. The SMILES string of the molecule is Cc1ccc(-c2ccnc3c(C(=O)N4CCCC4)cnn23)cc1C. The van der Waals surface area contributed by atoms with Gasteiger partial charge in [-0.1, -0.05) is 12.1 Å². The second-order valence-electron chi connectivity index (χ2n) is 6.42. The normalized spacial score (nSPS) is 14.5. The van der Waals surface area contributed by atoms with Gasteiger partial charge in [-0.3, -0.25) is 4.79 Å². The number of likely N-dealkylation sites (tertiary alicyclic amines) is 1. The topological polar surface area (TPSA) is 50.5 Å². The van der Waals surface area contributed by atoms with E-state index in [4.69, 9.17) is 0 Å². The molecule has 1 fully saturated rings. The first-order valence-corrected chi connectivity index (χ1v) is 8.35. The van der Waals surface area contributed by atoms with Gasteiger partial charge in [0, 0.05) is 24.8 Å². The third-order valence-electron chi connectivity index (χ3n) is 4.83. The first-order valence-electron chi connectivity index (χ1n) is 8.35. The summed E-state index contributed by atoms with van der Waals surface area (Å²) in [6.07, 6.45) is 5.55. The Morgan fingerprint density at radius 3 is 2.62 bits per heavy atom. The third-order valence-corrected chi connectivity index (χ3v) is 4.83. The van der Waals surface area contributed by atoms with Crippen molar-refractivity contribution in [3.63, 3.8) is 0 Å². The zero-order valence-corrected chi connectivity index (χ0v) is 14.0. The average Bonchev–Trinajstić information content (AvgIpc) is 3.26. The molecule has 5 heteroatoms. The van der Waals surface area contributed by atoms with Crippen molar-refractivity contribution in [2.45, 2.75) is 26.7 Å². The predicted octanol–water partition coefficient (Wildman–Crippen LogP) is 3.25. The Balaban J connectivity index is 1.81. The van der Waals surface area contributed by atoms with Crippen LogP contribution in [0.5, 0.6) is 0 Å². The first kappa shape index (κ1) is 14.9. The molecule has 0 saturated carbocycles. The highest BCUT2D eigenvalue weighted by Gasteiger charge is 2.23. The molecule has 0 radical (unpaired) electrons. The van der Waals surface area contributed by atoms with E-state index in [0.29, 0.717) is 11.2 Å². The first-order chi connectivity index (χ1) is 11.6. The summed E-state index contributed by atoms with van der Waals surface area (Å²) in [4.78, 5) is 19.0. The molecular weight excluding hydrogens is 300 g/mol. The highest BCUT2D eigenvalue weighted by Crippen LogP contribution is 2.24. The highest BCUT2D eigenvalue weighted by atomic mass is 16.2. The number of carbonyl (C=O) groups is 1. The standard InChI is InChI=1S/C19H20N4O/c1-13-5-6-15(11-14(13)2)17-7-8-20-18-16(12-21-23(17)18)19(24)22-9-3-4-10-22/h5-8,11-12H,3-4,9-10H2,1-2H3. The Morgan fingerprint density at radius 2 is 1.88 bits per heavy atom. The molecule has 1 amide bonds. The maximum absolute atomic E-state index is 12.7. The number of aromatic nitrogens is 3. The molecule has 4 rings (SSSR count). The summed E-state index contributed by atoms with van der Waals surface area (Å²) in [5, 5.41) is 4.45. The van der Waals surface area contributed by atoms with Gasteiger partial charge in [0.2, 0.25) is 0 Å². The number of fused-ring (bicyclic) bond motifs is 1. The summed E-state index contributed by atoms with van der Waals surface area (Å²) in [7, 11) is 0. The monoisotopic (exact) mass is 320 g/mol. The lowest BCUT2D eigenvalue weighted by Crippen LogP contribution is -2.27. The van der Waals surface area contributed by atoms with Crippen molar-refractivity contribution in [3.05, 3.63) is 53.3 Å². The van der Waals surface area contributed by atoms with Gasteiger partial charge in [0.15, 0.2) is 5.65 Å². The lowest BCUT2D eigenvalue weighted by atomic mass is 10.0. The minimum Gasteiger partial charge on any atom is -0.338 e. The van der Waals surface area contributed by atoms with E-state index in [2.05, 4.69) is 42.1 Å². The average molecular weight is 320 g/mol. The summed E-state index contributed by atoms with van der Waals surface area (Å²) in [6, 6.07) is 8.28. The molecule has 1 aliphatic rings. The Hall–Kier alpha value is -2.69. The molecule has 0 atom stereocenters. The third kappa shape index (κ3) is 2.37. The molecule has 0 unspecified atom stereocenters. The van der Waals surface area contributed by atoms with E-state index in [-0.39, 0.29) is 5.91 Å². The molecule has 0 aliphatic carbocycles. The van der Waals surface area contributed by atoms with Gasteiger partial charge in [0.05, 0.1) is 11.9 Å². The number of rotatable bonds is 2. The van der Waals surface area contributed by atoms with Crippen LogP contribution in [0.4, 0.5) is 0 Å². The van der Waals surface area contributed by atoms with Gasteiger partial charge in [-0.2, -0.15) is 5.10 Å². The van der Waals surface area contributed by atoms with Crippen molar-refractivity contribution in [1.29, 1.82) is 0 Å². The number of hydrogen-bond acceptors (Lipinski definition) is 3. The maximum Gasteiger partial charge on any atom is 0.259 e. The number of hydrogen-bond donors (Lipinski definition) is 0. The summed E-state index contributed by atoms with van der Waals surface area (Å²) < 4.78 is 1.77. The minimum atomic E-state index is 0.0345. The fourth-order valence-electron chi connectivity index (χ4n) is 3.25. The van der Waals surface area contributed by atoms with Crippen molar-refractivity contribution in [3.8, 4) is 11.3 Å². The van der Waals surface area contributed by atoms with Crippen molar-refractivity contribution in [2.75, 3.05) is 13.1 Å². The van der Waals surface area contributed by atoms with Crippen LogP contribution in [0.15, 0.2) is 36.7 Å². The van der Waals surface area contributed by atoms with Crippen LogP contribution >= 0.6 is 0 Å². The van der Waals surface area contributed by atoms with Gasteiger partial charge in [-0.05, 0) is 49.9 Å². The quantitative estimate of drug-likeness (QED) is 0.728. The second kappa shape index (κ2) is 5.74. The molecule has 5 nitrogen and oxygen atoms in total. The zero-order valence-electron chi connectivity index (χ0n) is 14.0. The van der Waals surface area contributed by atoms with Crippen LogP contribution in [0.1, 0.15) is 34.3 Å². The molecule has 24 heavy (non-hydrogen) atoms. The fourth-order valence-corrected chi connectivity index (χ4v) is 3.25. The predicted molar refractivity (Wildman–Crippen MR) is 93.0 cm³/mol. The molecule has 1 saturated heterocycles. The van der Waals surface area contributed by atoms with Gasteiger partial charge >= 0.3 is 0 Å². The van der Waals surface area contributed by atoms with Crippen molar-refractivity contribution < 1.29 is 4.79 Å². The fraction of sp³-hybridized carbons (Fsp3) is 0.316. The van der Waals surface area contributed by atoms with E-state index in [1.807, 2.05) is 11.0 Å². The van der Waals surface area contributed by atoms with Gasteiger partial charge in [-0.25, -0.2) is 9.50 Å². The van der Waals surface area contributed by atoms with E-state index < -0.39 is 0 Å². The van der Waals surface area contributed by atoms with Crippen LogP contribution in [0.25, 0.3) is 16.9 Å². The zero-order chi connectivity index (χ0) is 16.7. The number of nitrogens with zero attached hydrogens (tertiary/aromatic N) is 4. The summed E-state index contributed by atoms with van der Waals surface area (Å²) in [5.41, 5.74) is 5.73. The molecule has 1 aliphatic heterocycles. The number of amides is 1.